The number of nitrogens with one attached hydrogen (secondary N) is 2. The summed E-state index contributed by atoms with van der Waals surface area (Å²) in [5.41, 5.74) is 17.2. The van der Waals surface area contributed by atoms with Crippen LogP contribution in [-0.4, -0.2) is 17.1 Å². The van der Waals surface area contributed by atoms with E-state index in [1.165, 1.54) is 11.9 Å². The minimum Gasteiger partial charge on any atom is -0.457 e. The molecule has 160 valence electrons. The molecule has 0 saturated carbocycles. The lowest BCUT2D eigenvalue weighted by Gasteiger charge is -2.15. The molecule has 4 aromatic rings. The molecule has 0 aliphatic carbocycles. The van der Waals surface area contributed by atoms with Gasteiger partial charge in [0.2, 0.25) is 0 Å². The Hall–Kier alpha value is -3.97. The van der Waals surface area contributed by atoms with E-state index in [0.717, 1.165) is 22.6 Å². The van der Waals surface area contributed by atoms with E-state index in [9.17, 15) is 0 Å². The number of pyridine rings is 1. The SMILES string of the molecule is CSNc1cccc(-c2ncc(-c3ccc(Oc4ccccc4)cc3)c(C(=N)N)c2N)c1. The Morgan fingerprint density at radius 1 is 0.938 bits per heavy atom. The van der Waals surface area contributed by atoms with E-state index in [4.69, 9.17) is 21.6 Å². The molecule has 1 heterocycles. The lowest BCUT2D eigenvalue weighted by atomic mass is 9.96. The van der Waals surface area contributed by atoms with E-state index >= 15 is 0 Å². The van der Waals surface area contributed by atoms with E-state index in [1.54, 1.807) is 6.20 Å². The number of hydrogen-bond donors (Lipinski definition) is 4. The van der Waals surface area contributed by atoms with E-state index < -0.39 is 0 Å². The van der Waals surface area contributed by atoms with Crippen LogP contribution in [0.25, 0.3) is 22.4 Å². The number of rotatable bonds is 7. The maximum absolute atomic E-state index is 8.15. The molecule has 0 fully saturated rings. The fraction of sp³-hybridized carbons (Fsp3) is 0.0400. The zero-order chi connectivity index (χ0) is 22.5. The van der Waals surface area contributed by atoms with Crippen molar-refractivity contribution in [3.05, 3.63) is 90.6 Å². The highest BCUT2D eigenvalue weighted by molar-refractivity contribution is 7.99. The summed E-state index contributed by atoms with van der Waals surface area (Å²) in [6.07, 6.45) is 3.67. The van der Waals surface area contributed by atoms with Gasteiger partial charge in [-0.2, -0.15) is 0 Å². The van der Waals surface area contributed by atoms with Crippen molar-refractivity contribution in [1.29, 1.82) is 5.41 Å². The molecule has 0 bridgehead atoms. The minimum atomic E-state index is -0.107. The maximum Gasteiger partial charge on any atom is 0.127 e. The molecule has 32 heavy (non-hydrogen) atoms. The number of benzene rings is 3. The average Bonchev–Trinajstić information content (AvgIpc) is 2.80. The number of hydrogen-bond acceptors (Lipinski definition) is 6. The summed E-state index contributed by atoms with van der Waals surface area (Å²) in [7, 11) is 0. The van der Waals surface area contributed by atoms with Crippen molar-refractivity contribution in [2.45, 2.75) is 0 Å². The van der Waals surface area contributed by atoms with Crippen LogP contribution in [0.1, 0.15) is 5.56 Å². The van der Waals surface area contributed by atoms with Crippen molar-refractivity contribution >= 4 is 29.2 Å². The molecule has 0 spiro atoms. The molecule has 0 aliphatic rings. The number of para-hydroxylation sites is 1. The van der Waals surface area contributed by atoms with Gasteiger partial charge in [0, 0.05) is 29.3 Å². The van der Waals surface area contributed by atoms with E-state index in [-0.39, 0.29) is 5.84 Å². The number of nitrogen functional groups attached to an aromatic ring is 2. The second-order valence-corrected chi connectivity index (χ2v) is 7.66. The van der Waals surface area contributed by atoms with Crippen LogP contribution < -0.4 is 20.9 Å². The lowest BCUT2D eigenvalue weighted by Crippen LogP contribution is -2.16. The Kier molecular flexibility index (Phi) is 6.28. The van der Waals surface area contributed by atoms with Gasteiger partial charge in [-0.1, -0.05) is 54.4 Å². The molecular weight excluding hydrogens is 418 g/mol. The summed E-state index contributed by atoms with van der Waals surface area (Å²) in [6, 6.07) is 24.9. The van der Waals surface area contributed by atoms with E-state index in [0.29, 0.717) is 28.3 Å². The first-order chi connectivity index (χ1) is 15.6. The number of ether oxygens (including phenoxy) is 1. The first kappa shape index (κ1) is 21.3. The Balaban J connectivity index is 1.70. The topological polar surface area (TPSA) is 110 Å². The molecule has 0 amide bonds. The van der Waals surface area contributed by atoms with Crippen LogP contribution in [0.3, 0.4) is 0 Å². The molecular formula is C25H23N5OS. The Bertz CT molecular complexity index is 1240. The van der Waals surface area contributed by atoms with Crippen LogP contribution in [0.4, 0.5) is 11.4 Å². The quantitative estimate of drug-likeness (QED) is 0.165. The predicted octanol–water partition coefficient (Wildman–Crippen LogP) is 5.76. The number of anilines is 2. The van der Waals surface area contributed by atoms with E-state index in [2.05, 4.69) is 9.71 Å². The molecule has 0 aliphatic heterocycles. The molecule has 0 atom stereocenters. The third-order valence-electron chi connectivity index (χ3n) is 4.89. The molecule has 3 aromatic carbocycles. The monoisotopic (exact) mass is 441 g/mol. The number of aromatic nitrogens is 1. The highest BCUT2D eigenvalue weighted by atomic mass is 32.2. The third-order valence-corrected chi connectivity index (χ3v) is 5.33. The smallest absolute Gasteiger partial charge is 0.127 e. The van der Waals surface area contributed by atoms with Gasteiger partial charge in [0.25, 0.3) is 0 Å². The van der Waals surface area contributed by atoms with Gasteiger partial charge in [-0.25, -0.2) is 0 Å². The molecule has 6 nitrogen and oxygen atoms in total. The van der Waals surface area contributed by atoms with Crippen molar-refractivity contribution in [2.24, 2.45) is 5.73 Å². The molecule has 0 radical (unpaired) electrons. The van der Waals surface area contributed by atoms with Gasteiger partial charge in [0.1, 0.15) is 17.3 Å². The highest BCUT2D eigenvalue weighted by Gasteiger charge is 2.17. The van der Waals surface area contributed by atoms with Crippen molar-refractivity contribution in [2.75, 3.05) is 16.7 Å². The minimum absolute atomic E-state index is 0.107. The number of amidine groups is 1. The molecule has 0 unspecified atom stereocenters. The maximum atomic E-state index is 8.15. The third kappa shape index (κ3) is 4.53. The standard InChI is InChI=1S/C25H23N5OS/c1-32-30-18-7-5-6-17(14-18)24-23(26)22(25(27)28)21(15-29-24)16-10-12-20(13-11-16)31-19-8-3-2-4-9-19/h2-15,30H,26H2,1H3,(H3,27,28). The summed E-state index contributed by atoms with van der Waals surface area (Å²) in [5, 5.41) is 8.15. The zero-order valence-corrected chi connectivity index (χ0v) is 18.3. The molecule has 1 aromatic heterocycles. The van der Waals surface area contributed by atoms with Gasteiger partial charge in [0.05, 0.1) is 16.9 Å². The van der Waals surface area contributed by atoms with Crippen LogP contribution in [0, 0.1) is 5.41 Å². The van der Waals surface area contributed by atoms with Gasteiger partial charge in [0.15, 0.2) is 0 Å². The van der Waals surface area contributed by atoms with Crippen molar-refractivity contribution in [3.63, 3.8) is 0 Å². The van der Waals surface area contributed by atoms with Crippen molar-refractivity contribution < 1.29 is 4.74 Å². The number of nitrogens with two attached hydrogens (primary N) is 2. The number of nitrogens with zero attached hydrogens (tertiary/aromatic N) is 1. The first-order valence-electron chi connectivity index (χ1n) is 9.92. The van der Waals surface area contributed by atoms with Crippen molar-refractivity contribution in [1.82, 2.24) is 4.98 Å². The summed E-state index contributed by atoms with van der Waals surface area (Å²) in [5.74, 6) is 1.36. The Morgan fingerprint density at radius 3 is 2.34 bits per heavy atom. The second-order valence-electron chi connectivity index (χ2n) is 7.05. The highest BCUT2D eigenvalue weighted by Crippen LogP contribution is 2.35. The summed E-state index contributed by atoms with van der Waals surface area (Å²) >= 11 is 1.51. The van der Waals surface area contributed by atoms with Gasteiger partial charge >= 0.3 is 0 Å². The van der Waals surface area contributed by atoms with Crippen LogP contribution >= 0.6 is 11.9 Å². The Labute approximate surface area is 191 Å². The zero-order valence-electron chi connectivity index (χ0n) is 17.5. The van der Waals surface area contributed by atoms with Crippen molar-refractivity contribution in [3.8, 4) is 33.9 Å². The second kappa shape index (κ2) is 9.45. The molecule has 7 heteroatoms. The van der Waals surface area contributed by atoms with Gasteiger partial charge in [-0.05, 0) is 42.0 Å². The first-order valence-corrected chi connectivity index (χ1v) is 11.1. The van der Waals surface area contributed by atoms with E-state index in [1.807, 2.05) is 85.1 Å². The fourth-order valence-electron chi connectivity index (χ4n) is 3.44. The van der Waals surface area contributed by atoms with Crippen LogP contribution in [0.15, 0.2) is 85.1 Å². The Morgan fingerprint density at radius 2 is 1.66 bits per heavy atom. The molecule has 4 rings (SSSR count). The fourth-order valence-corrected chi connectivity index (χ4v) is 3.80. The average molecular weight is 442 g/mol. The van der Waals surface area contributed by atoms with Crippen LogP contribution in [0.2, 0.25) is 0 Å². The lowest BCUT2D eigenvalue weighted by molar-refractivity contribution is 0.483. The normalized spacial score (nSPS) is 10.5. The van der Waals surface area contributed by atoms with Crippen LogP contribution in [-0.2, 0) is 0 Å². The predicted molar refractivity (Wildman–Crippen MR) is 134 cm³/mol. The molecule has 6 N–H and O–H groups in total. The summed E-state index contributed by atoms with van der Waals surface area (Å²) < 4.78 is 9.07. The van der Waals surface area contributed by atoms with Gasteiger partial charge < -0.3 is 20.9 Å². The molecule has 0 saturated heterocycles. The van der Waals surface area contributed by atoms with Gasteiger partial charge in [-0.15, -0.1) is 0 Å². The van der Waals surface area contributed by atoms with Crippen LogP contribution in [0.5, 0.6) is 11.5 Å². The summed E-state index contributed by atoms with van der Waals surface area (Å²) in [4.78, 5) is 4.62. The largest absolute Gasteiger partial charge is 0.457 e. The van der Waals surface area contributed by atoms with Gasteiger partial charge in [-0.3, -0.25) is 10.4 Å². The summed E-state index contributed by atoms with van der Waals surface area (Å²) in [6.45, 7) is 0.